The summed E-state index contributed by atoms with van der Waals surface area (Å²) in [6.45, 7) is 1.11. The summed E-state index contributed by atoms with van der Waals surface area (Å²) in [5, 5.41) is 30.1. The molecule has 1 amide bonds. The third-order valence-electron chi connectivity index (χ3n) is 3.62. The van der Waals surface area contributed by atoms with E-state index in [4.69, 9.17) is 0 Å². The standard InChI is InChI=1S/C17H19N5O5/c23-17(9-10-19-15-3-1-2-4-16(15)22(26)27)20-12-11-18-13-5-7-14(8-6-13)21(24)25/h1-8,18-19H,9-12H2,(H,20,23). The molecule has 3 N–H and O–H groups in total. The van der Waals surface area contributed by atoms with Gasteiger partial charge in [0.15, 0.2) is 0 Å². The number of hydrogen-bond donors (Lipinski definition) is 3. The van der Waals surface area contributed by atoms with Crippen LogP contribution in [0, 0.1) is 20.2 Å². The molecule has 0 saturated heterocycles. The highest BCUT2D eigenvalue weighted by Gasteiger charge is 2.12. The van der Waals surface area contributed by atoms with Crippen molar-refractivity contribution >= 4 is 28.7 Å². The molecule has 0 atom stereocenters. The van der Waals surface area contributed by atoms with E-state index in [0.717, 1.165) is 0 Å². The van der Waals surface area contributed by atoms with Crippen LogP contribution in [0.5, 0.6) is 0 Å². The van der Waals surface area contributed by atoms with E-state index >= 15 is 0 Å². The number of nitro groups is 2. The predicted octanol–water partition coefficient (Wildman–Crippen LogP) is 2.53. The monoisotopic (exact) mass is 373 g/mol. The molecule has 0 aromatic heterocycles. The van der Waals surface area contributed by atoms with Crippen molar-refractivity contribution in [3.8, 4) is 0 Å². The SMILES string of the molecule is O=C(CCNc1ccccc1[N+](=O)[O-])NCCNc1ccc([N+](=O)[O-])cc1. The molecule has 10 nitrogen and oxygen atoms in total. The third-order valence-corrected chi connectivity index (χ3v) is 3.62. The van der Waals surface area contributed by atoms with Gasteiger partial charge in [-0.1, -0.05) is 12.1 Å². The van der Waals surface area contributed by atoms with E-state index in [1.807, 2.05) is 0 Å². The van der Waals surface area contributed by atoms with Gasteiger partial charge in [-0.2, -0.15) is 0 Å². The van der Waals surface area contributed by atoms with Gasteiger partial charge in [-0.25, -0.2) is 0 Å². The van der Waals surface area contributed by atoms with Crippen LogP contribution in [0.15, 0.2) is 48.5 Å². The lowest BCUT2D eigenvalue weighted by molar-refractivity contribution is -0.384. The number of nitrogens with zero attached hydrogens (tertiary/aromatic N) is 2. The Labute approximate surface area is 154 Å². The molecular formula is C17H19N5O5. The van der Waals surface area contributed by atoms with Gasteiger partial charge >= 0.3 is 0 Å². The van der Waals surface area contributed by atoms with Crippen molar-refractivity contribution < 1.29 is 14.6 Å². The van der Waals surface area contributed by atoms with Crippen molar-refractivity contribution in [3.63, 3.8) is 0 Å². The van der Waals surface area contributed by atoms with Crippen molar-refractivity contribution in [3.05, 3.63) is 68.8 Å². The highest BCUT2D eigenvalue weighted by atomic mass is 16.6. The molecule has 0 heterocycles. The molecule has 0 aliphatic heterocycles. The molecule has 10 heteroatoms. The fourth-order valence-corrected chi connectivity index (χ4v) is 2.29. The molecule has 2 aromatic carbocycles. The highest BCUT2D eigenvalue weighted by molar-refractivity contribution is 5.76. The number of nitro benzene ring substituents is 2. The number of amides is 1. The normalized spacial score (nSPS) is 10.1. The first-order valence-electron chi connectivity index (χ1n) is 8.19. The summed E-state index contributed by atoms with van der Waals surface area (Å²) in [7, 11) is 0. The number of benzene rings is 2. The Bertz CT molecular complexity index is 810. The number of rotatable bonds is 10. The fraction of sp³-hybridized carbons (Fsp3) is 0.235. The number of para-hydroxylation sites is 2. The lowest BCUT2D eigenvalue weighted by atomic mass is 10.2. The largest absolute Gasteiger partial charge is 0.383 e. The van der Waals surface area contributed by atoms with E-state index in [2.05, 4.69) is 16.0 Å². The third kappa shape index (κ3) is 6.27. The average molecular weight is 373 g/mol. The van der Waals surface area contributed by atoms with Crippen molar-refractivity contribution in [2.24, 2.45) is 0 Å². The minimum atomic E-state index is -0.480. The smallest absolute Gasteiger partial charge is 0.292 e. The maximum atomic E-state index is 11.8. The van der Waals surface area contributed by atoms with Crippen molar-refractivity contribution in [1.82, 2.24) is 5.32 Å². The Hall–Kier alpha value is -3.69. The molecular weight excluding hydrogens is 354 g/mol. The number of non-ortho nitro benzene ring substituents is 1. The molecule has 27 heavy (non-hydrogen) atoms. The molecule has 0 aliphatic carbocycles. The van der Waals surface area contributed by atoms with Crippen LogP contribution in [0.2, 0.25) is 0 Å². The summed E-state index contributed by atoms with van der Waals surface area (Å²) in [5.41, 5.74) is 1.06. The van der Waals surface area contributed by atoms with Crippen LogP contribution in [0.25, 0.3) is 0 Å². The zero-order valence-electron chi connectivity index (χ0n) is 14.4. The number of anilines is 2. The molecule has 0 aliphatic rings. The van der Waals surface area contributed by atoms with Gasteiger partial charge in [0.1, 0.15) is 5.69 Å². The van der Waals surface area contributed by atoms with Gasteiger partial charge in [0.05, 0.1) is 9.85 Å². The highest BCUT2D eigenvalue weighted by Crippen LogP contribution is 2.22. The molecule has 0 bridgehead atoms. The van der Waals surface area contributed by atoms with Gasteiger partial charge in [-0.3, -0.25) is 25.0 Å². The van der Waals surface area contributed by atoms with Crippen LogP contribution < -0.4 is 16.0 Å². The van der Waals surface area contributed by atoms with Crippen LogP contribution in [-0.4, -0.2) is 35.4 Å². The molecule has 0 saturated carbocycles. The van der Waals surface area contributed by atoms with Crippen molar-refractivity contribution in [2.45, 2.75) is 6.42 Å². The van der Waals surface area contributed by atoms with Crippen LogP contribution in [0.3, 0.4) is 0 Å². The average Bonchev–Trinajstić information content (AvgIpc) is 2.66. The molecule has 0 fully saturated rings. The van der Waals surface area contributed by atoms with Crippen LogP contribution in [0.4, 0.5) is 22.7 Å². The quantitative estimate of drug-likeness (QED) is 0.330. The summed E-state index contributed by atoms with van der Waals surface area (Å²) in [5.74, 6) is -0.188. The zero-order chi connectivity index (χ0) is 19.6. The summed E-state index contributed by atoms with van der Waals surface area (Å²) in [4.78, 5) is 32.3. The Kier molecular flexibility index (Phi) is 7.06. The second-order valence-corrected chi connectivity index (χ2v) is 5.53. The Balaban J connectivity index is 1.65. The number of carbonyl (C=O) groups excluding carboxylic acids is 1. The fourth-order valence-electron chi connectivity index (χ4n) is 2.29. The maximum absolute atomic E-state index is 11.8. The topological polar surface area (TPSA) is 139 Å². The van der Waals surface area contributed by atoms with Gasteiger partial charge in [-0.15, -0.1) is 0 Å². The van der Waals surface area contributed by atoms with E-state index in [1.54, 1.807) is 30.3 Å². The summed E-state index contributed by atoms with van der Waals surface area (Å²) >= 11 is 0. The first-order chi connectivity index (χ1) is 13.0. The van der Waals surface area contributed by atoms with Crippen LogP contribution in [-0.2, 0) is 4.79 Å². The maximum Gasteiger partial charge on any atom is 0.292 e. The molecule has 0 radical (unpaired) electrons. The molecule has 0 spiro atoms. The van der Waals surface area contributed by atoms with E-state index in [-0.39, 0.29) is 30.2 Å². The Morgan fingerprint density at radius 2 is 1.56 bits per heavy atom. The lowest BCUT2D eigenvalue weighted by Crippen LogP contribution is -2.30. The first-order valence-corrected chi connectivity index (χ1v) is 8.19. The van der Waals surface area contributed by atoms with Crippen LogP contribution in [0.1, 0.15) is 6.42 Å². The van der Waals surface area contributed by atoms with E-state index in [9.17, 15) is 25.0 Å². The van der Waals surface area contributed by atoms with E-state index in [0.29, 0.717) is 24.5 Å². The van der Waals surface area contributed by atoms with Gasteiger partial charge in [0.25, 0.3) is 11.4 Å². The number of nitrogens with one attached hydrogen (secondary N) is 3. The minimum absolute atomic E-state index is 0.0139. The Morgan fingerprint density at radius 3 is 2.22 bits per heavy atom. The van der Waals surface area contributed by atoms with Crippen LogP contribution >= 0.6 is 0 Å². The first kappa shape index (κ1) is 19.6. The van der Waals surface area contributed by atoms with Gasteiger partial charge < -0.3 is 16.0 Å². The van der Waals surface area contributed by atoms with Gasteiger partial charge in [-0.05, 0) is 18.2 Å². The van der Waals surface area contributed by atoms with Crippen molar-refractivity contribution in [1.29, 1.82) is 0 Å². The Morgan fingerprint density at radius 1 is 0.852 bits per heavy atom. The van der Waals surface area contributed by atoms with Crippen molar-refractivity contribution in [2.75, 3.05) is 30.3 Å². The predicted molar refractivity (Wildman–Crippen MR) is 101 cm³/mol. The summed E-state index contributed by atoms with van der Waals surface area (Å²) in [6.07, 6.45) is 0.170. The molecule has 142 valence electrons. The summed E-state index contributed by atoms with van der Waals surface area (Å²) in [6, 6.07) is 12.2. The van der Waals surface area contributed by atoms with E-state index < -0.39 is 9.85 Å². The summed E-state index contributed by atoms with van der Waals surface area (Å²) < 4.78 is 0. The minimum Gasteiger partial charge on any atom is -0.383 e. The molecule has 0 unspecified atom stereocenters. The number of hydrogen-bond acceptors (Lipinski definition) is 7. The molecule has 2 aromatic rings. The molecule has 2 rings (SSSR count). The second kappa shape index (κ2) is 9.70. The second-order valence-electron chi connectivity index (χ2n) is 5.53. The van der Waals surface area contributed by atoms with E-state index in [1.165, 1.54) is 18.2 Å². The number of carbonyl (C=O) groups is 1. The lowest BCUT2D eigenvalue weighted by Gasteiger charge is -2.09. The van der Waals surface area contributed by atoms with Gasteiger partial charge in [0.2, 0.25) is 5.91 Å². The van der Waals surface area contributed by atoms with Gasteiger partial charge in [0, 0.05) is 49.9 Å². The zero-order valence-corrected chi connectivity index (χ0v) is 14.4.